The molecule has 3 aliphatic carbocycles. The maximum absolute atomic E-state index is 12.9. The second-order valence-electron chi connectivity index (χ2n) is 11.7. The number of ether oxygens (including phenoxy) is 1. The van der Waals surface area contributed by atoms with Crippen molar-refractivity contribution in [1.29, 1.82) is 0 Å². The molecule has 0 unspecified atom stereocenters. The van der Waals surface area contributed by atoms with Crippen molar-refractivity contribution in [2.45, 2.75) is 58.3 Å². The summed E-state index contributed by atoms with van der Waals surface area (Å²) in [6, 6.07) is 21.2. The van der Waals surface area contributed by atoms with Crippen molar-refractivity contribution in [2.75, 3.05) is 7.11 Å². The highest BCUT2D eigenvalue weighted by atomic mass is 16.5. The fraction of sp³-hybridized carbons (Fsp3) is 0.382. The molecule has 1 heterocycles. The van der Waals surface area contributed by atoms with Crippen LogP contribution in [-0.2, 0) is 11.2 Å². The van der Waals surface area contributed by atoms with Gasteiger partial charge in [-0.15, -0.1) is 0 Å². The normalized spacial score (nSPS) is 26.6. The number of carbonyl (C=O) groups excluding carboxylic acids is 1. The van der Waals surface area contributed by atoms with Crippen LogP contribution in [0.15, 0.2) is 65.1 Å². The number of methoxy groups -OCH3 is 1. The lowest BCUT2D eigenvalue weighted by Crippen LogP contribution is -2.42. The van der Waals surface area contributed by atoms with E-state index in [2.05, 4.69) is 56.3 Å². The average Bonchev–Trinajstić information content (AvgIpc) is 3.46. The molecule has 0 N–H and O–H groups in total. The van der Waals surface area contributed by atoms with E-state index < -0.39 is 0 Å². The molecule has 3 heteroatoms. The van der Waals surface area contributed by atoms with Gasteiger partial charge in [0.2, 0.25) is 0 Å². The van der Waals surface area contributed by atoms with E-state index in [4.69, 9.17) is 9.15 Å². The van der Waals surface area contributed by atoms with Crippen molar-refractivity contribution in [1.82, 2.24) is 0 Å². The molecule has 188 valence electrons. The van der Waals surface area contributed by atoms with Gasteiger partial charge in [-0.1, -0.05) is 49.4 Å². The predicted octanol–water partition coefficient (Wildman–Crippen LogP) is 8.51. The van der Waals surface area contributed by atoms with Crippen LogP contribution in [-0.4, -0.2) is 12.9 Å². The molecular formula is C34H34O3. The van der Waals surface area contributed by atoms with E-state index >= 15 is 0 Å². The Labute approximate surface area is 218 Å². The third kappa shape index (κ3) is 3.29. The Morgan fingerprint density at radius 3 is 2.49 bits per heavy atom. The second kappa shape index (κ2) is 8.34. The second-order valence-corrected chi connectivity index (χ2v) is 11.7. The van der Waals surface area contributed by atoms with Gasteiger partial charge in [0.1, 0.15) is 22.9 Å². The van der Waals surface area contributed by atoms with E-state index in [0.717, 1.165) is 60.3 Å². The zero-order valence-electron chi connectivity index (χ0n) is 22.0. The van der Waals surface area contributed by atoms with Crippen LogP contribution in [0.25, 0.3) is 33.4 Å². The van der Waals surface area contributed by atoms with Crippen molar-refractivity contribution in [3.63, 3.8) is 0 Å². The highest BCUT2D eigenvalue weighted by Crippen LogP contribution is 2.60. The summed E-state index contributed by atoms with van der Waals surface area (Å²) in [6.07, 6.45) is 6.26. The summed E-state index contributed by atoms with van der Waals surface area (Å²) < 4.78 is 12.2. The van der Waals surface area contributed by atoms with E-state index in [1.54, 1.807) is 12.7 Å². The molecule has 0 aliphatic heterocycles. The van der Waals surface area contributed by atoms with Crippen molar-refractivity contribution >= 4 is 16.8 Å². The summed E-state index contributed by atoms with van der Waals surface area (Å²) in [5.74, 6) is 3.98. The molecule has 1 aromatic heterocycles. The first-order valence-electron chi connectivity index (χ1n) is 13.8. The van der Waals surface area contributed by atoms with Crippen LogP contribution in [0.2, 0.25) is 0 Å². The molecule has 0 saturated heterocycles. The Bertz CT molecular complexity index is 1510. The molecule has 3 nitrogen and oxygen atoms in total. The van der Waals surface area contributed by atoms with Gasteiger partial charge >= 0.3 is 0 Å². The lowest BCUT2D eigenvalue weighted by molar-refractivity contribution is -0.129. The minimum atomic E-state index is -0.0962. The number of furan rings is 1. The molecule has 7 rings (SSSR count). The van der Waals surface area contributed by atoms with E-state index in [9.17, 15) is 4.79 Å². The Kier molecular flexibility index (Phi) is 5.15. The molecule has 37 heavy (non-hydrogen) atoms. The van der Waals surface area contributed by atoms with Crippen molar-refractivity contribution in [3.8, 4) is 28.2 Å². The number of benzene rings is 3. The van der Waals surface area contributed by atoms with Crippen LogP contribution in [0.4, 0.5) is 0 Å². The molecule has 2 fully saturated rings. The van der Waals surface area contributed by atoms with E-state index in [1.807, 2.05) is 18.2 Å². The molecule has 0 radical (unpaired) electrons. The minimum Gasteiger partial charge on any atom is -0.497 e. The monoisotopic (exact) mass is 490 g/mol. The highest BCUT2D eigenvalue weighted by Gasteiger charge is 2.54. The van der Waals surface area contributed by atoms with Gasteiger partial charge in [0, 0.05) is 28.3 Å². The topological polar surface area (TPSA) is 39.4 Å². The molecule has 3 aliphatic rings. The van der Waals surface area contributed by atoms with Crippen LogP contribution in [0.5, 0.6) is 5.75 Å². The first kappa shape index (κ1) is 22.8. The van der Waals surface area contributed by atoms with Gasteiger partial charge < -0.3 is 9.15 Å². The Hall–Kier alpha value is -3.33. The van der Waals surface area contributed by atoms with E-state index in [-0.39, 0.29) is 5.41 Å². The van der Waals surface area contributed by atoms with Crippen molar-refractivity contribution < 1.29 is 13.9 Å². The average molecular weight is 491 g/mol. The number of hydrogen-bond donors (Lipinski definition) is 0. The van der Waals surface area contributed by atoms with Gasteiger partial charge in [0.25, 0.3) is 0 Å². The van der Waals surface area contributed by atoms with Gasteiger partial charge in [-0.3, -0.25) is 4.79 Å². The smallest absolute Gasteiger partial charge is 0.143 e. The molecule has 0 spiro atoms. The maximum Gasteiger partial charge on any atom is 0.143 e. The zero-order valence-corrected chi connectivity index (χ0v) is 22.0. The number of rotatable bonds is 3. The molecule has 4 aromatic rings. The Morgan fingerprint density at radius 2 is 1.73 bits per heavy atom. The van der Waals surface area contributed by atoms with Gasteiger partial charge in [0.05, 0.1) is 7.11 Å². The van der Waals surface area contributed by atoms with Crippen molar-refractivity contribution in [2.24, 2.45) is 17.3 Å². The predicted molar refractivity (Wildman–Crippen MR) is 148 cm³/mol. The van der Waals surface area contributed by atoms with Gasteiger partial charge in [-0.05, 0) is 97.2 Å². The number of hydrogen-bond acceptors (Lipinski definition) is 3. The zero-order chi connectivity index (χ0) is 25.3. The van der Waals surface area contributed by atoms with Crippen LogP contribution in [0.1, 0.15) is 61.6 Å². The molecule has 2 saturated carbocycles. The van der Waals surface area contributed by atoms with E-state index in [1.165, 1.54) is 28.5 Å². The van der Waals surface area contributed by atoms with Gasteiger partial charge in [-0.2, -0.15) is 0 Å². The van der Waals surface area contributed by atoms with Crippen LogP contribution >= 0.6 is 0 Å². The SMILES string of the molecule is COc1ccc(-c2c(-c3ccccc3)oc3cc4c(c(C)c23)[C@H]2CC[C@]3(C)C(=O)CC[C@@H]3[C@@H]2CC4)cc1. The number of aryl methyl sites for hydroxylation is 2. The molecular weight excluding hydrogens is 456 g/mol. The third-order valence-corrected chi connectivity index (χ3v) is 10.0. The summed E-state index contributed by atoms with van der Waals surface area (Å²) in [7, 11) is 1.71. The minimum absolute atomic E-state index is 0.0962. The number of fused-ring (bicyclic) bond motifs is 6. The van der Waals surface area contributed by atoms with Crippen LogP contribution in [0.3, 0.4) is 0 Å². The first-order valence-corrected chi connectivity index (χ1v) is 13.8. The summed E-state index contributed by atoms with van der Waals surface area (Å²) in [6.45, 7) is 4.58. The number of carbonyl (C=O) groups is 1. The summed E-state index contributed by atoms with van der Waals surface area (Å²) in [5.41, 5.74) is 8.66. The quantitative estimate of drug-likeness (QED) is 0.289. The lowest BCUT2D eigenvalue weighted by atomic mass is 9.55. The summed E-state index contributed by atoms with van der Waals surface area (Å²) >= 11 is 0. The Balaban J connectivity index is 1.44. The van der Waals surface area contributed by atoms with Crippen LogP contribution in [0, 0.1) is 24.2 Å². The molecule has 0 bridgehead atoms. The largest absolute Gasteiger partial charge is 0.497 e. The fourth-order valence-corrected chi connectivity index (χ4v) is 8.22. The highest BCUT2D eigenvalue weighted by molar-refractivity contribution is 6.04. The number of ketones is 1. The maximum atomic E-state index is 12.9. The third-order valence-electron chi connectivity index (χ3n) is 10.0. The van der Waals surface area contributed by atoms with Crippen molar-refractivity contribution in [3.05, 3.63) is 77.4 Å². The number of Topliss-reactive ketones (excluding diaryl/α,β-unsaturated/α-hetero) is 1. The van der Waals surface area contributed by atoms with Gasteiger partial charge in [-0.25, -0.2) is 0 Å². The molecule has 3 aromatic carbocycles. The molecule has 4 atom stereocenters. The standard InChI is InChI=1S/C34H34O3/c1-20-30-23(11-14-25-26(30)17-18-34(2)27(25)15-16-29(34)35)19-28-31(20)32(21-9-12-24(36-3)13-10-21)33(37-28)22-7-5-4-6-8-22/h4-10,12-13,19,25-27H,11,14-18H2,1-3H3/t25-,26+,27-,34+/m1/s1. The first-order chi connectivity index (χ1) is 18.0. The summed E-state index contributed by atoms with van der Waals surface area (Å²) in [4.78, 5) is 12.9. The Morgan fingerprint density at radius 1 is 0.946 bits per heavy atom. The molecule has 0 amide bonds. The fourth-order valence-electron chi connectivity index (χ4n) is 8.22. The van der Waals surface area contributed by atoms with E-state index in [0.29, 0.717) is 23.5 Å². The lowest BCUT2D eigenvalue weighted by Gasteiger charge is -2.48. The van der Waals surface area contributed by atoms with Gasteiger partial charge in [0.15, 0.2) is 0 Å². The van der Waals surface area contributed by atoms with Crippen LogP contribution < -0.4 is 4.74 Å². The summed E-state index contributed by atoms with van der Waals surface area (Å²) in [5, 5.41) is 1.24.